The van der Waals surface area contributed by atoms with Crippen molar-refractivity contribution in [1.29, 1.82) is 0 Å². The lowest BCUT2D eigenvalue weighted by Crippen LogP contribution is -2.06. The molecule has 0 aliphatic carbocycles. The van der Waals surface area contributed by atoms with Crippen molar-refractivity contribution in [2.24, 2.45) is 0 Å². The lowest BCUT2D eigenvalue weighted by atomic mass is 10.0. The van der Waals surface area contributed by atoms with Gasteiger partial charge < -0.3 is 0 Å². The third-order valence-corrected chi connectivity index (χ3v) is 10.6. The zero-order chi connectivity index (χ0) is 33.0. The van der Waals surface area contributed by atoms with Crippen LogP contribution in [0.25, 0.3) is 93.0 Å². The van der Waals surface area contributed by atoms with Crippen LogP contribution in [0.4, 0.5) is 0 Å². The molecule has 0 atom stereocenters. The molecule has 5 heteroatoms. The van der Waals surface area contributed by atoms with Crippen LogP contribution in [0.1, 0.15) is 0 Å². The predicted molar refractivity (Wildman–Crippen MR) is 209 cm³/mol. The molecule has 10 rings (SSSR count). The van der Waals surface area contributed by atoms with Crippen LogP contribution < -0.4 is 0 Å². The SMILES string of the molecule is c1ccc(-c2ccc(-c3nc(-c4ccc(-c5ccccc5)cc4)nc(-n4c5ccccc5c5cc6sc7ccccc7c6cc54)n3)cc2)cc1. The van der Waals surface area contributed by atoms with E-state index in [0.717, 1.165) is 33.3 Å². The third kappa shape index (κ3) is 4.79. The quantitative estimate of drug-likeness (QED) is 0.185. The van der Waals surface area contributed by atoms with Gasteiger partial charge in [-0.15, -0.1) is 11.3 Å². The molecule has 0 bridgehead atoms. The standard InChI is InChI=1S/C45H28N4S/c1-3-11-29(12-4-1)31-19-23-33(24-20-31)43-46-44(34-25-21-32(22-26-34)30-13-5-2-6-14-30)48-45(47-43)49-39-17-9-7-15-35(39)37-28-42-38(27-40(37)49)36-16-8-10-18-41(36)50-42/h1-28H. The van der Waals surface area contributed by atoms with Gasteiger partial charge in [-0.1, -0.05) is 146 Å². The molecule has 0 amide bonds. The maximum absolute atomic E-state index is 5.21. The van der Waals surface area contributed by atoms with Gasteiger partial charge in [0.15, 0.2) is 11.6 Å². The first kappa shape index (κ1) is 28.6. The highest BCUT2D eigenvalue weighted by Crippen LogP contribution is 2.40. The topological polar surface area (TPSA) is 43.6 Å². The predicted octanol–water partition coefficient (Wildman–Crippen LogP) is 12.0. The molecule has 10 aromatic rings. The zero-order valence-electron chi connectivity index (χ0n) is 26.9. The van der Waals surface area contributed by atoms with E-state index >= 15 is 0 Å². The van der Waals surface area contributed by atoms with Crippen LogP contribution in [0.3, 0.4) is 0 Å². The summed E-state index contributed by atoms with van der Waals surface area (Å²) in [5, 5.41) is 4.86. The lowest BCUT2D eigenvalue weighted by molar-refractivity contribution is 0.954. The fourth-order valence-electron chi connectivity index (χ4n) is 7.01. The Kier molecular flexibility index (Phi) is 6.64. The van der Waals surface area contributed by atoms with E-state index in [1.807, 2.05) is 23.5 Å². The number of rotatable bonds is 5. The Hall–Kier alpha value is -6.43. The van der Waals surface area contributed by atoms with Crippen LogP contribution in [0.15, 0.2) is 170 Å². The largest absolute Gasteiger partial charge is 0.278 e. The van der Waals surface area contributed by atoms with E-state index in [4.69, 9.17) is 15.0 Å². The van der Waals surface area contributed by atoms with Gasteiger partial charge in [0.05, 0.1) is 11.0 Å². The Morgan fingerprint density at radius 2 is 0.840 bits per heavy atom. The van der Waals surface area contributed by atoms with Crippen LogP contribution in [0.5, 0.6) is 0 Å². The monoisotopic (exact) mass is 656 g/mol. The van der Waals surface area contributed by atoms with Crippen LogP contribution in [0, 0.1) is 0 Å². The fourth-order valence-corrected chi connectivity index (χ4v) is 8.14. The molecule has 0 unspecified atom stereocenters. The molecule has 3 heterocycles. The van der Waals surface area contributed by atoms with Crippen molar-refractivity contribution in [3.05, 3.63) is 170 Å². The summed E-state index contributed by atoms with van der Waals surface area (Å²) >= 11 is 1.84. The summed E-state index contributed by atoms with van der Waals surface area (Å²) in [5.74, 6) is 1.85. The number of hydrogen-bond donors (Lipinski definition) is 0. The summed E-state index contributed by atoms with van der Waals surface area (Å²) in [6.07, 6.45) is 0. The maximum atomic E-state index is 5.21. The second kappa shape index (κ2) is 11.6. The second-order valence-corrected chi connectivity index (χ2v) is 13.6. The first-order valence-corrected chi connectivity index (χ1v) is 17.5. The van der Waals surface area contributed by atoms with Gasteiger partial charge in [-0.25, -0.2) is 4.98 Å². The Bertz CT molecular complexity index is 2740. The number of thiophene rings is 1. The van der Waals surface area contributed by atoms with E-state index in [1.165, 1.54) is 42.1 Å². The molecule has 0 saturated carbocycles. The Morgan fingerprint density at radius 1 is 0.340 bits per heavy atom. The van der Waals surface area contributed by atoms with E-state index in [2.05, 4.69) is 162 Å². The van der Waals surface area contributed by atoms with Crippen molar-refractivity contribution in [3.63, 3.8) is 0 Å². The lowest BCUT2D eigenvalue weighted by Gasteiger charge is -2.12. The fraction of sp³-hybridized carbons (Fsp3) is 0. The molecule has 0 N–H and O–H groups in total. The van der Waals surface area contributed by atoms with E-state index in [1.54, 1.807) is 0 Å². The molecule has 3 aromatic heterocycles. The van der Waals surface area contributed by atoms with Gasteiger partial charge in [0.1, 0.15) is 0 Å². The van der Waals surface area contributed by atoms with Crippen molar-refractivity contribution in [3.8, 4) is 51.0 Å². The number of aromatic nitrogens is 4. The molecule has 0 spiro atoms. The second-order valence-electron chi connectivity index (χ2n) is 12.5. The number of hydrogen-bond acceptors (Lipinski definition) is 4. The number of nitrogens with zero attached hydrogens (tertiary/aromatic N) is 4. The molecule has 0 saturated heterocycles. The van der Waals surface area contributed by atoms with Crippen molar-refractivity contribution in [1.82, 2.24) is 19.5 Å². The molecule has 50 heavy (non-hydrogen) atoms. The van der Waals surface area contributed by atoms with Crippen LogP contribution in [-0.2, 0) is 0 Å². The van der Waals surface area contributed by atoms with Gasteiger partial charge in [-0.05, 0) is 46.5 Å². The molecule has 7 aromatic carbocycles. The van der Waals surface area contributed by atoms with Crippen molar-refractivity contribution < 1.29 is 0 Å². The summed E-state index contributed by atoms with van der Waals surface area (Å²) in [6, 6.07) is 59.7. The smallest absolute Gasteiger partial charge is 0.238 e. The summed E-state index contributed by atoms with van der Waals surface area (Å²) < 4.78 is 4.77. The van der Waals surface area contributed by atoms with Gasteiger partial charge in [-0.2, -0.15) is 9.97 Å². The summed E-state index contributed by atoms with van der Waals surface area (Å²) in [4.78, 5) is 15.5. The molecular formula is C45H28N4S. The van der Waals surface area contributed by atoms with Gasteiger partial charge in [0.25, 0.3) is 0 Å². The Labute approximate surface area is 292 Å². The molecule has 234 valence electrons. The number of benzene rings is 7. The van der Waals surface area contributed by atoms with Gasteiger partial charge in [0.2, 0.25) is 5.95 Å². The van der Waals surface area contributed by atoms with Crippen molar-refractivity contribution in [2.45, 2.75) is 0 Å². The summed E-state index contributed by atoms with van der Waals surface area (Å²) in [5.41, 5.74) is 8.64. The van der Waals surface area contributed by atoms with Gasteiger partial charge in [-0.3, -0.25) is 4.57 Å². The maximum Gasteiger partial charge on any atom is 0.238 e. The molecule has 4 nitrogen and oxygen atoms in total. The summed E-state index contributed by atoms with van der Waals surface area (Å²) in [7, 11) is 0. The van der Waals surface area contributed by atoms with Crippen LogP contribution >= 0.6 is 11.3 Å². The number of para-hydroxylation sites is 1. The van der Waals surface area contributed by atoms with E-state index in [-0.39, 0.29) is 0 Å². The van der Waals surface area contributed by atoms with Gasteiger partial charge in [0, 0.05) is 42.1 Å². The van der Waals surface area contributed by atoms with E-state index in [0.29, 0.717) is 17.6 Å². The van der Waals surface area contributed by atoms with Crippen LogP contribution in [0.2, 0.25) is 0 Å². The molecule has 0 aliphatic rings. The summed E-state index contributed by atoms with van der Waals surface area (Å²) in [6.45, 7) is 0. The van der Waals surface area contributed by atoms with E-state index < -0.39 is 0 Å². The van der Waals surface area contributed by atoms with Crippen molar-refractivity contribution in [2.75, 3.05) is 0 Å². The molecule has 0 radical (unpaired) electrons. The first-order valence-electron chi connectivity index (χ1n) is 16.7. The highest BCUT2D eigenvalue weighted by atomic mass is 32.1. The highest BCUT2D eigenvalue weighted by molar-refractivity contribution is 7.25. The van der Waals surface area contributed by atoms with Crippen molar-refractivity contribution >= 4 is 53.3 Å². The average Bonchev–Trinajstić information content (AvgIpc) is 3.72. The minimum atomic E-state index is 0.592. The highest BCUT2D eigenvalue weighted by Gasteiger charge is 2.19. The van der Waals surface area contributed by atoms with E-state index in [9.17, 15) is 0 Å². The molecule has 0 aliphatic heterocycles. The minimum Gasteiger partial charge on any atom is -0.278 e. The zero-order valence-corrected chi connectivity index (χ0v) is 27.7. The third-order valence-electron chi connectivity index (χ3n) is 9.50. The Morgan fingerprint density at radius 3 is 1.46 bits per heavy atom. The molecule has 0 fully saturated rings. The Balaban J connectivity index is 1.20. The average molecular weight is 657 g/mol. The molecular weight excluding hydrogens is 629 g/mol. The normalized spacial score (nSPS) is 11.6. The first-order chi connectivity index (χ1) is 24.8. The minimum absolute atomic E-state index is 0.592. The van der Waals surface area contributed by atoms with Crippen LogP contribution in [-0.4, -0.2) is 19.5 Å². The van der Waals surface area contributed by atoms with Gasteiger partial charge >= 0.3 is 0 Å². The number of fused-ring (bicyclic) bond motifs is 6.